The maximum Gasteiger partial charge on any atom is 0.272 e. The van der Waals surface area contributed by atoms with Gasteiger partial charge in [0.15, 0.2) is 0 Å². The Bertz CT molecular complexity index is 390. The van der Waals surface area contributed by atoms with Gasteiger partial charge in [0, 0.05) is 17.7 Å². The molecule has 0 aliphatic rings. The van der Waals surface area contributed by atoms with Crippen LogP contribution in [0.15, 0.2) is 12.1 Å². The Hall–Kier alpha value is -1.78. The van der Waals surface area contributed by atoms with Gasteiger partial charge in [-0.15, -0.1) is 0 Å². The van der Waals surface area contributed by atoms with E-state index < -0.39 is 4.92 Å². The van der Waals surface area contributed by atoms with Gasteiger partial charge in [-0.2, -0.15) is 0 Å². The Kier molecular flexibility index (Phi) is 3.14. The molecule has 5 nitrogen and oxygen atoms in total. The predicted octanol–water partition coefficient (Wildman–Crippen LogP) is 2.40. The third-order valence-electron chi connectivity index (χ3n) is 2.51. The van der Waals surface area contributed by atoms with E-state index in [-0.39, 0.29) is 23.0 Å². The summed E-state index contributed by atoms with van der Waals surface area (Å²) in [5.41, 5.74) is 6.00. The summed E-state index contributed by atoms with van der Waals surface area (Å²) < 4.78 is 0. The molecule has 0 amide bonds. The van der Waals surface area contributed by atoms with Crippen LogP contribution in [-0.4, -0.2) is 10.0 Å². The molecule has 0 saturated heterocycles. The van der Waals surface area contributed by atoms with Gasteiger partial charge in [-0.05, 0) is 12.3 Å². The van der Waals surface area contributed by atoms with Crippen molar-refractivity contribution < 1.29 is 10.0 Å². The minimum atomic E-state index is -0.512. The maximum absolute atomic E-state index is 10.6. The molecule has 0 fully saturated rings. The van der Waals surface area contributed by atoms with Gasteiger partial charge in [-0.25, -0.2) is 0 Å². The maximum atomic E-state index is 10.6. The number of rotatable bonds is 3. The second-order valence-electron chi connectivity index (χ2n) is 3.54. The number of non-ortho nitro benzene ring substituents is 1. The Morgan fingerprint density at radius 1 is 1.60 bits per heavy atom. The zero-order valence-corrected chi connectivity index (χ0v) is 8.73. The Balaban J connectivity index is 3.31. The number of aromatic hydroxyl groups is 1. The Morgan fingerprint density at radius 2 is 2.20 bits per heavy atom. The molecule has 15 heavy (non-hydrogen) atoms. The van der Waals surface area contributed by atoms with E-state index in [1.54, 1.807) is 0 Å². The lowest BCUT2D eigenvalue weighted by Gasteiger charge is -2.12. The smallest absolute Gasteiger partial charge is 0.272 e. The molecule has 1 aromatic carbocycles. The average Bonchev–Trinajstić information content (AvgIpc) is 2.20. The summed E-state index contributed by atoms with van der Waals surface area (Å²) in [5, 5.41) is 20.3. The number of phenols is 1. The molecule has 0 aliphatic carbocycles. The zero-order chi connectivity index (χ0) is 11.6. The van der Waals surface area contributed by atoms with Crippen LogP contribution >= 0.6 is 0 Å². The molecule has 0 bridgehead atoms. The normalized spacial score (nSPS) is 12.4. The van der Waals surface area contributed by atoms with Crippen molar-refractivity contribution >= 4 is 11.4 Å². The van der Waals surface area contributed by atoms with E-state index in [2.05, 4.69) is 0 Å². The van der Waals surface area contributed by atoms with Gasteiger partial charge in [-0.3, -0.25) is 10.1 Å². The number of hydrogen-bond acceptors (Lipinski definition) is 4. The molecule has 0 aliphatic heterocycles. The van der Waals surface area contributed by atoms with E-state index in [0.717, 1.165) is 6.42 Å². The number of anilines is 1. The summed E-state index contributed by atoms with van der Waals surface area (Å²) >= 11 is 0. The fraction of sp³-hybridized carbons (Fsp3) is 0.400. The molecular formula is C10H14N2O3. The number of hydrogen-bond donors (Lipinski definition) is 2. The molecular weight excluding hydrogens is 196 g/mol. The summed E-state index contributed by atoms with van der Waals surface area (Å²) in [7, 11) is 0. The number of phenolic OH excluding ortho intramolecular Hbond substituents is 1. The Morgan fingerprint density at radius 3 is 2.67 bits per heavy atom. The standard InChI is InChI=1S/C10H14N2O3/c1-3-6(2)8-4-7(12(14)15)5-9(11)10(8)13/h4-6,13H,3,11H2,1-2H3/t6-/m0/s1. The van der Waals surface area contributed by atoms with E-state index in [4.69, 9.17) is 5.73 Å². The van der Waals surface area contributed by atoms with E-state index in [1.165, 1.54) is 12.1 Å². The van der Waals surface area contributed by atoms with Crippen molar-refractivity contribution in [1.29, 1.82) is 0 Å². The van der Waals surface area contributed by atoms with E-state index >= 15 is 0 Å². The van der Waals surface area contributed by atoms with E-state index in [9.17, 15) is 15.2 Å². The SMILES string of the molecule is CC[C@H](C)c1cc([N+](=O)[O-])cc(N)c1O. The molecule has 1 atom stereocenters. The molecule has 1 rings (SSSR count). The minimum Gasteiger partial charge on any atom is -0.505 e. The summed E-state index contributed by atoms with van der Waals surface area (Å²) in [6.07, 6.45) is 0.786. The number of nitro benzene ring substituents is 1. The van der Waals surface area contributed by atoms with Gasteiger partial charge in [0.25, 0.3) is 5.69 Å². The summed E-state index contributed by atoms with van der Waals surface area (Å²) in [6.45, 7) is 3.83. The molecule has 5 heteroatoms. The summed E-state index contributed by atoms with van der Waals surface area (Å²) in [4.78, 5) is 10.1. The molecule has 0 heterocycles. The van der Waals surface area contributed by atoms with Crippen molar-refractivity contribution in [2.75, 3.05) is 5.73 Å². The molecule has 0 spiro atoms. The van der Waals surface area contributed by atoms with Gasteiger partial charge < -0.3 is 10.8 Å². The van der Waals surface area contributed by atoms with Crippen molar-refractivity contribution in [2.45, 2.75) is 26.2 Å². The van der Waals surface area contributed by atoms with Crippen LogP contribution in [0.1, 0.15) is 31.7 Å². The second kappa shape index (κ2) is 4.16. The van der Waals surface area contributed by atoms with Crippen LogP contribution in [0.3, 0.4) is 0 Å². The van der Waals surface area contributed by atoms with Crippen LogP contribution in [0, 0.1) is 10.1 Å². The lowest BCUT2D eigenvalue weighted by atomic mass is 9.96. The first-order valence-electron chi connectivity index (χ1n) is 4.74. The van der Waals surface area contributed by atoms with Crippen molar-refractivity contribution in [1.82, 2.24) is 0 Å². The first-order valence-corrected chi connectivity index (χ1v) is 4.74. The number of nitrogens with zero attached hydrogens (tertiary/aromatic N) is 1. The van der Waals surface area contributed by atoms with E-state index in [1.807, 2.05) is 13.8 Å². The van der Waals surface area contributed by atoms with Gasteiger partial charge in [0.1, 0.15) is 5.75 Å². The van der Waals surface area contributed by atoms with Crippen LogP contribution in [0.2, 0.25) is 0 Å². The molecule has 0 saturated carbocycles. The Labute approximate surface area is 87.7 Å². The van der Waals surface area contributed by atoms with Gasteiger partial charge in [-0.1, -0.05) is 13.8 Å². The van der Waals surface area contributed by atoms with Crippen LogP contribution in [-0.2, 0) is 0 Å². The highest BCUT2D eigenvalue weighted by Crippen LogP contribution is 2.36. The third kappa shape index (κ3) is 2.18. The lowest BCUT2D eigenvalue weighted by Crippen LogP contribution is -1.99. The van der Waals surface area contributed by atoms with Crippen molar-refractivity contribution in [3.63, 3.8) is 0 Å². The summed E-state index contributed by atoms with van der Waals surface area (Å²) in [5.74, 6) is 0.00199. The monoisotopic (exact) mass is 210 g/mol. The van der Waals surface area contributed by atoms with Crippen LogP contribution in [0.4, 0.5) is 11.4 Å². The van der Waals surface area contributed by atoms with Crippen molar-refractivity contribution in [3.8, 4) is 5.75 Å². The average molecular weight is 210 g/mol. The highest BCUT2D eigenvalue weighted by molar-refractivity contribution is 5.62. The predicted molar refractivity (Wildman–Crippen MR) is 57.9 cm³/mol. The molecule has 1 aromatic rings. The topological polar surface area (TPSA) is 89.4 Å². The van der Waals surface area contributed by atoms with Crippen LogP contribution in [0.5, 0.6) is 5.75 Å². The van der Waals surface area contributed by atoms with Gasteiger partial charge in [0.2, 0.25) is 0 Å². The fourth-order valence-electron chi connectivity index (χ4n) is 1.36. The number of benzene rings is 1. The van der Waals surface area contributed by atoms with Gasteiger partial charge >= 0.3 is 0 Å². The molecule has 0 unspecified atom stereocenters. The van der Waals surface area contributed by atoms with Crippen LogP contribution in [0.25, 0.3) is 0 Å². The molecule has 3 N–H and O–H groups in total. The van der Waals surface area contributed by atoms with Crippen molar-refractivity contribution in [3.05, 3.63) is 27.8 Å². The van der Waals surface area contributed by atoms with E-state index in [0.29, 0.717) is 5.56 Å². The lowest BCUT2D eigenvalue weighted by molar-refractivity contribution is -0.384. The van der Waals surface area contributed by atoms with Crippen molar-refractivity contribution in [2.24, 2.45) is 0 Å². The van der Waals surface area contributed by atoms with Crippen LogP contribution < -0.4 is 5.73 Å². The molecule has 0 radical (unpaired) electrons. The largest absolute Gasteiger partial charge is 0.505 e. The number of nitrogens with two attached hydrogens (primary N) is 1. The number of nitrogen functional groups attached to an aromatic ring is 1. The van der Waals surface area contributed by atoms with Gasteiger partial charge in [0.05, 0.1) is 10.6 Å². The second-order valence-corrected chi connectivity index (χ2v) is 3.54. The third-order valence-corrected chi connectivity index (χ3v) is 2.51. The fourth-order valence-corrected chi connectivity index (χ4v) is 1.36. The highest BCUT2D eigenvalue weighted by Gasteiger charge is 2.17. The quantitative estimate of drug-likeness (QED) is 0.347. The molecule has 82 valence electrons. The molecule has 0 aromatic heterocycles. The first kappa shape index (κ1) is 11.3. The number of nitro groups is 1. The highest BCUT2D eigenvalue weighted by atomic mass is 16.6. The minimum absolute atomic E-state index is 0.0463. The first-order chi connectivity index (χ1) is 6.97. The summed E-state index contributed by atoms with van der Waals surface area (Å²) in [6, 6.07) is 2.54. The zero-order valence-electron chi connectivity index (χ0n) is 8.73.